The zero-order chi connectivity index (χ0) is 46.9. The molecule has 0 spiro atoms. The van der Waals surface area contributed by atoms with E-state index >= 15 is 0 Å². The van der Waals surface area contributed by atoms with Gasteiger partial charge in [-0.2, -0.15) is 0 Å². The summed E-state index contributed by atoms with van der Waals surface area (Å²) in [5.41, 5.74) is 31.8. The van der Waals surface area contributed by atoms with Gasteiger partial charge in [-0.1, -0.05) is 12.1 Å². The van der Waals surface area contributed by atoms with E-state index in [0.29, 0.717) is 73.7 Å². The molecule has 0 aromatic heterocycles. The molecule has 21 nitrogen and oxygen atoms in total. The summed E-state index contributed by atoms with van der Waals surface area (Å²) < 4.78 is 5.41. The number of carbonyl (C=O) groups is 7. The van der Waals surface area contributed by atoms with Gasteiger partial charge in [0.25, 0.3) is 0 Å². The Morgan fingerprint density at radius 2 is 1.48 bits per heavy atom. The number of nitrogens with zero attached hydrogens (tertiary/aromatic N) is 2. The molecule has 5 fully saturated rings. The number of anilines is 1. The number of aromatic carboxylic acids is 2. The van der Waals surface area contributed by atoms with Gasteiger partial charge in [0, 0.05) is 23.9 Å². The Bertz CT molecular complexity index is 2020. The van der Waals surface area contributed by atoms with Crippen molar-refractivity contribution in [1.82, 2.24) is 9.80 Å². The molecule has 0 radical (unpaired) electrons. The van der Waals surface area contributed by atoms with Gasteiger partial charge < -0.3 is 73.8 Å². The summed E-state index contributed by atoms with van der Waals surface area (Å²) in [4.78, 5) is 79.1. The van der Waals surface area contributed by atoms with Gasteiger partial charge in [0.2, 0.25) is 11.8 Å². The number of ether oxygens (including phenoxy) is 1. The molecule has 8 rings (SSSR count). The third-order valence-electron chi connectivity index (χ3n) is 11.8. The van der Waals surface area contributed by atoms with E-state index < -0.39 is 78.3 Å². The third-order valence-corrected chi connectivity index (χ3v) is 13.1. The summed E-state index contributed by atoms with van der Waals surface area (Å²) >= 11 is 1.50. The monoisotopic (exact) mass is 903 g/mol. The maximum absolute atomic E-state index is 11.8. The lowest BCUT2D eigenvalue weighted by molar-refractivity contribution is -0.155. The normalized spacial score (nSPS) is 28.8. The fourth-order valence-corrected chi connectivity index (χ4v) is 9.40. The number of carboxylic acids is 5. The van der Waals surface area contributed by atoms with Gasteiger partial charge in [0.15, 0.2) is 0 Å². The van der Waals surface area contributed by atoms with E-state index in [0.717, 1.165) is 24.8 Å². The Balaban J connectivity index is 0.000000175. The van der Waals surface area contributed by atoms with Crippen molar-refractivity contribution >= 4 is 59.1 Å². The Hall–Kier alpha value is -5.36. The van der Waals surface area contributed by atoms with Crippen LogP contribution in [0, 0.1) is 12.8 Å². The van der Waals surface area contributed by atoms with Gasteiger partial charge in [-0.3, -0.25) is 14.4 Å². The fraction of sp³-hybridized carbons (Fsp3) is 0.537. The van der Waals surface area contributed by atoms with Crippen molar-refractivity contribution in [2.45, 2.75) is 112 Å². The molecule has 6 aliphatic rings. The number of hydrogen-bond donors (Lipinski definition) is 11. The zero-order valence-electron chi connectivity index (χ0n) is 34.7. The first kappa shape index (κ1) is 50.3. The highest BCUT2D eigenvalue weighted by Crippen LogP contribution is 2.37. The number of amides is 2. The van der Waals surface area contributed by atoms with Crippen molar-refractivity contribution < 1.29 is 68.9 Å². The van der Waals surface area contributed by atoms with Crippen LogP contribution in [0.3, 0.4) is 0 Å². The summed E-state index contributed by atoms with van der Waals surface area (Å²) in [5.74, 6) is -4.85. The molecule has 6 unspecified atom stereocenters. The lowest BCUT2D eigenvalue weighted by Gasteiger charge is -2.35. The number of benzene rings is 2. The molecule has 16 N–H and O–H groups in total. The highest BCUT2D eigenvalue weighted by molar-refractivity contribution is 8.00. The van der Waals surface area contributed by atoms with E-state index in [1.165, 1.54) is 33.2 Å². The lowest BCUT2D eigenvalue weighted by Crippen LogP contribution is -2.55. The molecule has 22 heteroatoms. The molecule has 346 valence electrons. The van der Waals surface area contributed by atoms with E-state index in [2.05, 4.69) is 0 Å². The van der Waals surface area contributed by atoms with Crippen LogP contribution in [-0.2, 0) is 35.1 Å². The summed E-state index contributed by atoms with van der Waals surface area (Å²) in [6, 6.07) is 7.12. The standard InChI is InChI=1S/C12H15NO2.C9H14N2O4.C8H9NO2.C7H10N2O3S.C5H9NO3/c13-7-10-3-1-2-8-4-5-9(12(14)15)6-11(8)10;10-5-3-4-15-7-2-1-6(9(13)14)11(7)8(5)12;1-5-6(8(10)11)3-2-4-7(5)9;8-3-1-5-9(6(3)10)4(2-13-5)7(11)12;6-4-2(5(8)9)1-3(4)7/h4-6,10H,1-3,7,13H2,(H,14,15);5-7H,1-4,10H2,(H,13,14);2-4H,9H2,1H3,(H,10,11);3-5H,1-2,8H2,(H,11,12);2-4,7H,1,6H2,(H,8,9)/t10-;;;;2-,3-,4+/m1...0/s1. The molecule has 2 aromatic rings. The Kier molecular flexibility index (Phi) is 17.8. The van der Waals surface area contributed by atoms with E-state index in [4.69, 9.17) is 64.0 Å². The number of carboxylic acid groups (broad SMARTS) is 5. The number of fused-ring (bicyclic) bond motifs is 3. The number of nitrogens with two attached hydrogens (primary N) is 5. The van der Waals surface area contributed by atoms with E-state index in [9.17, 15) is 33.6 Å². The number of rotatable bonds is 6. The maximum atomic E-state index is 11.8. The third kappa shape index (κ3) is 12.2. The van der Waals surface area contributed by atoms with Crippen LogP contribution in [0.5, 0.6) is 0 Å². The number of aliphatic hydroxyl groups is 1. The van der Waals surface area contributed by atoms with E-state index in [-0.39, 0.29) is 22.8 Å². The quantitative estimate of drug-likeness (QED) is 0.170. The summed E-state index contributed by atoms with van der Waals surface area (Å²) in [5, 5.41) is 52.4. The smallest absolute Gasteiger partial charge is 0.336 e. The van der Waals surface area contributed by atoms with Gasteiger partial charge >= 0.3 is 29.8 Å². The van der Waals surface area contributed by atoms with E-state index in [1.807, 2.05) is 6.07 Å². The second kappa shape index (κ2) is 22.3. The number of carbonyl (C=O) groups excluding carboxylic acids is 2. The summed E-state index contributed by atoms with van der Waals surface area (Å²) in [6.45, 7) is 2.72. The van der Waals surface area contributed by atoms with Crippen LogP contribution in [0.4, 0.5) is 5.69 Å². The number of thioether (sulfide) groups is 1. The zero-order valence-corrected chi connectivity index (χ0v) is 35.5. The largest absolute Gasteiger partial charge is 0.481 e. The first-order chi connectivity index (χ1) is 29.7. The number of aliphatic carboxylic acids is 3. The maximum Gasteiger partial charge on any atom is 0.336 e. The molecule has 1 saturated carbocycles. The molecule has 4 saturated heterocycles. The number of hydrogen-bond acceptors (Lipinski definition) is 15. The topological polar surface area (TPSA) is 387 Å². The number of aliphatic hydroxyl groups excluding tert-OH is 1. The minimum atomic E-state index is -0.983. The highest BCUT2D eigenvalue weighted by atomic mass is 32.2. The predicted molar refractivity (Wildman–Crippen MR) is 227 cm³/mol. The Morgan fingerprint density at radius 3 is 2.02 bits per heavy atom. The van der Waals surface area contributed by atoms with Crippen LogP contribution in [0.25, 0.3) is 0 Å². The van der Waals surface area contributed by atoms with Gasteiger partial charge in [0.1, 0.15) is 18.3 Å². The summed E-state index contributed by atoms with van der Waals surface area (Å²) in [7, 11) is 0. The molecule has 63 heavy (non-hydrogen) atoms. The minimum absolute atomic E-state index is 0.0106. The molecular formula is C41H57N7O14S. The van der Waals surface area contributed by atoms with Gasteiger partial charge in [-0.25, -0.2) is 19.2 Å². The molecule has 10 atom stereocenters. The van der Waals surface area contributed by atoms with Crippen LogP contribution >= 0.6 is 11.8 Å². The first-order valence-corrected chi connectivity index (χ1v) is 21.4. The highest BCUT2D eigenvalue weighted by Gasteiger charge is 2.49. The first-order valence-electron chi connectivity index (χ1n) is 20.3. The molecule has 2 aliphatic carbocycles. The average Bonchev–Trinajstić information content (AvgIpc) is 3.92. The predicted octanol–water partition coefficient (Wildman–Crippen LogP) is 0.0257. The van der Waals surface area contributed by atoms with Crippen LogP contribution in [-0.4, -0.2) is 149 Å². The van der Waals surface area contributed by atoms with Crippen molar-refractivity contribution in [3.05, 3.63) is 64.2 Å². The van der Waals surface area contributed by atoms with Crippen LogP contribution in [0.15, 0.2) is 36.4 Å². The van der Waals surface area contributed by atoms with Crippen LogP contribution in [0.2, 0.25) is 0 Å². The molecule has 2 aromatic carbocycles. The Labute approximate surface area is 366 Å². The minimum Gasteiger partial charge on any atom is -0.481 e. The second-order valence-corrected chi connectivity index (χ2v) is 17.0. The number of nitrogen functional groups attached to an aromatic ring is 1. The molecule has 0 bridgehead atoms. The molecular weight excluding hydrogens is 847 g/mol. The molecule has 4 aliphatic heterocycles. The van der Waals surface area contributed by atoms with Crippen LogP contribution < -0.4 is 28.7 Å². The van der Waals surface area contributed by atoms with Crippen molar-refractivity contribution in [3.63, 3.8) is 0 Å². The van der Waals surface area contributed by atoms with Gasteiger partial charge in [-0.05, 0) is 105 Å². The summed E-state index contributed by atoms with van der Waals surface area (Å²) in [6.07, 6.45) is 4.63. The van der Waals surface area contributed by atoms with E-state index in [1.54, 1.807) is 31.2 Å². The van der Waals surface area contributed by atoms with Crippen molar-refractivity contribution in [2.75, 3.05) is 24.6 Å². The SMILES string of the molecule is Cc1c(N)cccc1C(=O)O.NC1CC2SCC(C(=O)O)N2C1=O.NC1CCOC2CCC(C(=O)O)N2C1=O.NC[C@H]1CCCc2ccc(C(=O)O)cc21.N[C@@H]1[C@@H](C(=O)O)C[C@@H]1O. The Morgan fingerprint density at radius 1 is 0.810 bits per heavy atom. The van der Waals surface area contributed by atoms with Crippen molar-refractivity contribution in [3.8, 4) is 0 Å². The van der Waals surface area contributed by atoms with Crippen molar-refractivity contribution in [1.29, 1.82) is 0 Å². The van der Waals surface area contributed by atoms with Crippen molar-refractivity contribution in [2.24, 2.45) is 28.9 Å². The number of aryl methyl sites for hydroxylation is 1. The molecule has 2 amide bonds. The van der Waals surface area contributed by atoms with Gasteiger partial charge in [-0.15, -0.1) is 11.8 Å². The average molecular weight is 904 g/mol. The second-order valence-electron chi connectivity index (χ2n) is 15.8. The molecule has 4 heterocycles. The lowest BCUT2D eigenvalue weighted by atomic mass is 9.77. The fourth-order valence-electron chi connectivity index (χ4n) is 7.94. The van der Waals surface area contributed by atoms with Gasteiger partial charge in [0.05, 0.1) is 47.2 Å². The van der Waals surface area contributed by atoms with Crippen LogP contribution in [0.1, 0.15) is 88.3 Å².